The Hall–Kier alpha value is -0.370. The van der Waals surface area contributed by atoms with Crippen LogP contribution in [0.4, 0.5) is 0 Å². The molecule has 2 nitrogen and oxygen atoms in total. The van der Waals surface area contributed by atoms with Gasteiger partial charge in [0.2, 0.25) is 0 Å². The van der Waals surface area contributed by atoms with Crippen LogP contribution in [-0.4, -0.2) is 29.3 Å². The molecule has 2 rings (SSSR count). The van der Waals surface area contributed by atoms with Crippen molar-refractivity contribution in [3.63, 3.8) is 0 Å². The molecule has 1 saturated carbocycles. The minimum Gasteiger partial charge on any atom is -0.298 e. The van der Waals surface area contributed by atoms with Gasteiger partial charge in [0.15, 0.2) is 0 Å². The van der Waals surface area contributed by atoms with Gasteiger partial charge in [-0.2, -0.15) is 0 Å². The Bertz CT molecular complexity index is 258. The number of likely N-dealkylation sites (tertiary alicyclic amines) is 1. The molecule has 17 heavy (non-hydrogen) atoms. The number of carbonyl (C=O) groups excluding carboxylic acids is 1. The smallest absolute Gasteiger partial charge is 0.149 e. The lowest BCUT2D eigenvalue weighted by molar-refractivity contribution is -0.125. The van der Waals surface area contributed by atoms with Crippen LogP contribution in [0, 0.1) is 5.92 Å². The molecule has 98 valence electrons. The van der Waals surface area contributed by atoms with E-state index in [1.54, 1.807) is 0 Å². The molecule has 2 atom stereocenters. The van der Waals surface area contributed by atoms with E-state index >= 15 is 0 Å². The molecule has 0 aromatic heterocycles. The van der Waals surface area contributed by atoms with E-state index in [-0.39, 0.29) is 0 Å². The van der Waals surface area contributed by atoms with E-state index in [1.807, 2.05) is 0 Å². The van der Waals surface area contributed by atoms with E-state index < -0.39 is 0 Å². The van der Waals surface area contributed by atoms with Gasteiger partial charge in [-0.25, -0.2) is 0 Å². The molecular formula is C15H27NO. The van der Waals surface area contributed by atoms with Crippen molar-refractivity contribution in [2.24, 2.45) is 5.92 Å². The number of ketones is 1. The summed E-state index contributed by atoms with van der Waals surface area (Å²) in [5, 5.41) is 0. The zero-order chi connectivity index (χ0) is 12.3. The van der Waals surface area contributed by atoms with Crippen LogP contribution in [0.1, 0.15) is 65.2 Å². The van der Waals surface area contributed by atoms with Crippen LogP contribution in [-0.2, 0) is 4.79 Å². The summed E-state index contributed by atoms with van der Waals surface area (Å²) in [5.41, 5.74) is 0. The molecule has 0 radical (unpaired) electrons. The lowest BCUT2D eigenvalue weighted by Crippen LogP contribution is -2.40. The number of hydrogen-bond acceptors (Lipinski definition) is 2. The maximum absolute atomic E-state index is 12.3. The number of rotatable bonds is 4. The molecule has 1 heterocycles. The van der Waals surface area contributed by atoms with E-state index in [0.29, 0.717) is 23.8 Å². The van der Waals surface area contributed by atoms with Crippen LogP contribution in [0.25, 0.3) is 0 Å². The second-order valence-electron chi connectivity index (χ2n) is 5.96. The van der Waals surface area contributed by atoms with E-state index in [9.17, 15) is 4.79 Å². The van der Waals surface area contributed by atoms with E-state index in [1.165, 1.54) is 38.5 Å². The Morgan fingerprint density at radius 2 is 1.82 bits per heavy atom. The predicted octanol–water partition coefficient (Wildman–Crippen LogP) is 3.40. The molecule has 1 saturated heterocycles. The van der Waals surface area contributed by atoms with Crippen LogP contribution < -0.4 is 0 Å². The Morgan fingerprint density at radius 3 is 2.47 bits per heavy atom. The van der Waals surface area contributed by atoms with Gasteiger partial charge < -0.3 is 0 Å². The minimum absolute atomic E-state index is 0.383. The largest absolute Gasteiger partial charge is 0.298 e. The summed E-state index contributed by atoms with van der Waals surface area (Å²) >= 11 is 0. The Labute approximate surface area is 106 Å². The first kappa shape index (κ1) is 13.1. The predicted molar refractivity (Wildman–Crippen MR) is 71.1 cm³/mol. The first-order valence-corrected chi connectivity index (χ1v) is 7.50. The Morgan fingerprint density at radius 1 is 1.12 bits per heavy atom. The topological polar surface area (TPSA) is 20.3 Å². The summed E-state index contributed by atoms with van der Waals surface area (Å²) < 4.78 is 0. The van der Waals surface area contributed by atoms with Gasteiger partial charge in [0.1, 0.15) is 5.78 Å². The zero-order valence-electron chi connectivity index (χ0n) is 11.5. The lowest BCUT2D eigenvalue weighted by Gasteiger charge is -2.29. The molecule has 2 heteroatoms. The zero-order valence-corrected chi connectivity index (χ0v) is 11.5. The SMILES string of the molecule is CCC1CCC(C)N1CC(=O)C1CCCCC1. The molecule has 1 aliphatic heterocycles. The fraction of sp³-hybridized carbons (Fsp3) is 0.933. The molecule has 2 fully saturated rings. The molecule has 2 unspecified atom stereocenters. The van der Waals surface area contributed by atoms with Crippen molar-refractivity contribution in [3.8, 4) is 0 Å². The minimum atomic E-state index is 0.383. The van der Waals surface area contributed by atoms with Gasteiger partial charge in [0.25, 0.3) is 0 Å². The lowest BCUT2D eigenvalue weighted by atomic mass is 9.86. The molecule has 0 bridgehead atoms. The van der Waals surface area contributed by atoms with Crippen LogP contribution in [0.3, 0.4) is 0 Å². The van der Waals surface area contributed by atoms with Gasteiger partial charge in [-0.1, -0.05) is 26.2 Å². The van der Waals surface area contributed by atoms with Crippen LogP contribution in [0.2, 0.25) is 0 Å². The van der Waals surface area contributed by atoms with Crippen LogP contribution >= 0.6 is 0 Å². The summed E-state index contributed by atoms with van der Waals surface area (Å²) in [6, 6.07) is 1.28. The second-order valence-corrected chi connectivity index (χ2v) is 5.96. The fourth-order valence-electron chi connectivity index (χ4n) is 3.58. The van der Waals surface area contributed by atoms with Crippen molar-refractivity contribution >= 4 is 5.78 Å². The average molecular weight is 237 g/mol. The van der Waals surface area contributed by atoms with Gasteiger partial charge in [0, 0.05) is 18.0 Å². The highest BCUT2D eigenvalue weighted by Crippen LogP contribution is 2.29. The molecule has 0 amide bonds. The second kappa shape index (κ2) is 5.99. The van der Waals surface area contributed by atoms with Crippen molar-refractivity contribution < 1.29 is 4.79 Å². The molecule has 2 aliphatic rings. The number of nitrogens with zero attached hydrogens (tertiary/aromatic N) is 1. The molecule has 0 spiro atoms. The van der Waals surface area contributed by atoms with Crippen molar-refractivity contribution in [3.05, 3.63) is 0 Å². The van der Waals surface area contributed by atoms with Gasteiger partial charge in [-0.05, 0) is 39.0 Å². The quantitative estimate of drug-likeness (QED) is 0.747. The maximum Gasteiger partial charge on any atom is 0.149 e. The molecular weight excluding hydrogens is 210 g/mol. The van der Waals surface area contributed by atoms with Gasteiger partial charge in [0.05, 0.1) is 6.54 Å². The maximum atomic E-state index is 12.3. The van der Waals surface area contributed by atoms with E-state index in [0.717, 1.165) is 19.4 Å². The van der Waals surface area contributed by atoms with Crippen molar-refractivity contribution in [1.82, 2.24) is 4.90 Å². The number of carbonyl (C=O) groups is 1. The van der Waals surface area contributed by atoms with Crippen molar-refractivity contribution in [2.45, 2.75) is 77.3 Å². The highest BCUT2D eigenvalue weighted by Gasteiger charge is 2.32. The highest BCUT2D eigenvalue weighted by molar-refractivity contribution is 5.83. The van der Waals surface area contributed by atoms with Gasteiger partial charge in [-0.15, -0.1) is 0 Å². The monoisotopic (exact) mass is 237 g/mol. The van der Waals surface area contributed by atoms with Crippen LogP contribution in [0.5, 0.6) is 0 Å². The normalized spacial score (nSPS) is 31.9. The van der Waals surface area contributed by atoms with E-state index in [4.69, 9.17) is 0 Å². The number of hydrogen-bond donors (Lipinski definition) is 0. The van der Waals surface area contributed by atoms with E-state index in [2.05, 4.69) is 18.7 Å². The van der Waals surface area contributed by atoms with Crippen LogP contribution in [0.15, 0.2) is 0 Å². The Kier molecular flexibility index (Phi) is 4.61. The summed E-state index contributed by atoms with van der Waals surface area (Å²) in [6.45, 7) is 5.26. The summed E-state index contributed by atoms with van der Waals surface area (Å²) in [5.74, 6) is 0.908. The van der Waals surface area contributed by atoms with Crippen molar-refractivity contribution in [1.29, 1.82) is 0 Å². The first-order chi connectivity index (χ1) is 8.22. The summed E-state index contributed by atoms with van der Waals surface area (Å²) in [6.07, 6.45) is 9.93. The Balaban J connectivity index is 1.88. The highest BCUT2D eigenvalue weighted by atomic mass is 16.1. The summed E-state index contributed by atoms with van der Waals surface area (Å²) in [4.78, 5) is 14.8. The third-order valence-corrected chi connectivity index (χ3v) is 4.82. The molecule has 0 aromatic rings. The average Bonchev–Trinajstić information content (AvgIpc) is 2.71. The first-order valence-electron chi connectivity index (χ1n) is 7.50. The number of Topliss-reactive ketones (excluding diaryl/α,β-unsaturated/α-hetero) is 1. The molecule has 1 aliphatic carbocycles. The standard InChI is InChI=1S/C15H27NO/c1-3-14-10-9-12(2)16(14)11-15(17)13-7-5-4-6-8-13/h12-14H,3-11H2,1-2H3. The third kappa shape index (κ3) is 3.09. The van der Waals surface area contributed by atoms with Gasteiger partial charge >= 0.3 is 0 Å². The van der Waals surface area contributed by atoms with Crippen molar-refractivity contribution in [2.75, 3.05) is 6.54 Å². The molecule has 0 N–H and O–H groups in total. The fourth-order valence-corrected chi connectivity index (χ4v) is 3.58. The summed E-state index contributed by atoms with van der Waals surface area (Å²) in [7, 11) is 0. The van der Waals surface area contributed by atoms with Gasteiger partial charge in [-0.3, -0.25) is 9.69 Å². The molecule has 0 aromatic carbocycles. The third-order valence-electron chi connectivity index (χ3n) is 4.82.